The van der Waals surface area contributed by atoms with Gasteiger partial charge >= 0.3 is 5.97 Å². The zero-order valence-corrected chi connectivity index (χ0v) is 7.53. The second-order valence-electron chi connectivity index (χ2n) is 2.94. The van der Waals surface area contributed by atoms with Crippen LogP contribution in [0.25, 0.3) is 0 Å². The van der Waals surface area contributed by atoms with Gasteiger partial charge in [-0.1, -0.05) is 11.6 Å². The number of fused-ring (bicyclic) bond motifs is 1. The molecule has 1 N–H and O–H groups in total. The SMILES string of the molecule is O=C(O)c1nnc2n1C(Cl)CCC2. The van der Waals surface area contributed by atoms with Crippen molar-refractivity contribution in [2.75, 3.05) is 0 Å². The van der Waals surface area contributed by atoms with E-state index in [9.17, 15) is 4.79 Å². The molecule has 70 valence electrons. The van der Waals surface area contributed by atoms with Crippen LogP contribution < -0.4 is 0 Å². The Labute approximate surface area is 79.3 Å². The number of carboxylic acid groups (broad SMARTS) is 1. The Morgan fingerprint density at radius 2 is 2.38 bits per heavy atom. The van der Waals surface area contributed by atoms with Crippen LogP contribution in [0.15, 0.2) is 0 Å². The number of carbonyl (C=O) groups is 1. The molecule has 1 atom stereocenters. The molecule has 0 saturated carbocycles. The zero-order valence-electron chi connectivity index (χ0n) is 6.77. The minimum atomic E-state index is -1.08. The van der Waals surface area contributed by atoms with Crippen molar-refractivity contribution in [1.29, 1.82) is 0 Å². The fraction of sp³-hybridized carbons (Fsp3) is 0.571. The van der Waals surface area contributed by atoms with E-state index in [2.05, 4.69) is 10.2 Å². The van der Waals surface area contributed by atoms with E-state index in [-0.39, 0.29) is 11.3 Å². The van der Waals surface area contributed by atoms with Crippen molar-refractivity contribution in [3.63, 3.8) is 0 Å². The van der Waals surface area contributed by atoms with Crippen LogP contribution in [0.5, 0.6) is 0 Å². The number of hydrogen-bond donors (Lipinski definition) is 1. The molecule has 1 aromatic rings. The highest BCUT2D eigenvalue weighted by Crippen LogP contribution is 2.27. The molecular weight excluding hydrogens is 194 g/mol. The summed E-state index contributed by atoms with van der Waals surface area (Å²) in [5.74, 6) is -0.468. The number of nitrogens with zero attached hydrogens (tertiary/aromatic N) is 3. The lowest BCUT2D eigenvalue weighted by molar-refractivity contribution is 0.0676. The summed E-state index contributed by atoms with van der Waals surface area (Å²) in [6.07, 6.45) is 2.46. The molecule has 2 heterocycles. The average Bonchev–Trinajstić information content (AvgIpc) is 2.49. The van der Waals surface area contributed by atoms with Gasteiger partial charge < -0.3 is 5.11 Å². The van der Waals surface area contributed by atoms with Crippen molar-refractivity contribution in [2.45, 2.75) is 24.8 Å². The van der Waals surface area contributed by atoms with Crippen molar-refractivity contribution in [3.05, 3.63) is 11.6 Å². The zero-order chi connectivity index (χ0) is 9.42. The fourth-order valence-electron chi connectivity index (χ4n) is 1.49. The van der Waals surface area contributed by atoms with Crippen LogP contribution in [0.4, 0.5) is 0 Å². The van der Waals surface area contributed by atoms with Gasteiger partial charge in [0.1, 0.15) is 11.3 Å². The lowest BCUT2D eigenvalue weighted by atomic mass is 10.1. The molecule has 6 heteroatoms. The summed E-state index contributed by atoms with van der Waals surface area (Å²) in [6.45, 7) is 0. The van der Waals surface area contributed by atoms with E-state index in [1.165, 1.54) is 4.57 Å². The molecule has 2 rings (SSSR count). The number of aromatic nitrogens is 3. The summed E-state index contributed by atoms with van der Waals surface area (Å²) in [5, 5.41) is 16.1. The predicted octanol–water partition coefficient (Wildman–Crippen LogP) is 1.05. The third kappa shape index (κ3) is 1.29. The van der Waals surface area contributed by atoms with Crippen molar-refractivity contribution >= 4 is 17.6 Å². The van der Waals surface area contributed by atoms with Crippen molar-refractivity contribution in [2.24, 2.45) is 0 Å². The van der Waals surface area contributed by atoms with E-state index in [1.807, 2.05) is 0 Å². The molecule has 0 bridgehead atoms. The Balaban J connectivity index is 2.50. The van der Waals surface area contributed by atoms with Gasteiger partial charge in [-0.2, -0.15) is 0 Å². The number of alkyl halides is 1. The summed E-state index contributed by atoms with van der Waals surface area (Å²) < 4.78 is 1.49. The van der Waals surface area contributed by atoms with E-state index in [0.717, 1.165) is 19.3 Å². The van der Waals surface area contributed by atoms with Crippen molar-refractivity contribution in [3.8, 4) is 0 Å². The Kier molecular flexibility index (Phi) is 1.95. The molecule has 5 nitrogen and oxygen atoms in total. The van der Waals surface area contributed by atoms with Crippen LogP contribution in [0.2, 0.25) is 0 Å². The lowest BCUT2D eigenvalue weighted by Gasteiger charge is -2.19. The van der Waals surface area contributed by atoms with E-state index in [4.69, 9.17) is 16.7 Å². The van der Waals surface area contributed by atoms with Crippen LogP contribution >= 0.6 is 11.6 Å². The second kappa shape index (κ2) is 2.99. The summed E-state index contributed by atoms with van der Waals surface area (Å²) in [6, 6.07) is 0. The van der Waals surface area contributed by atoms with Crippen molar-refractivity contribution < 1.29 is 9.90 Å². The maximum Gasteiger partial charge on any atom is 0.374 e. The average molecular weight is 202 g/mol. The van der Waals surface area contributed by atoms with Gasteiger partial charge in [-0.05, 0) is 12.8 Å². The molecule has 1 aliphatic heterocycles. The smallest absolute Gasteiger partial charge is 0.374 e. The fourth-order valence-corrected chi connectivity index (χ4v) is 1.85. The third-order valence-corrected chi connectivity index (χ3v) is 2.49. The topological polar surface area (TPSA) is 68.0 Å². The Hall–Kier alpha value is -1.10. The molecule has 1 aromatic heterocycles. The highest BCUT2D eigenvalue weighted by molar-refractivity contribution is 6.19. The molecule has 0 radical (unpaired) electrons. The first kappa shape index (κ1) is 8.50. The summed E-state index contributed by atoms with van der Waals surface area (Å²) >= 11 is 5.96. The third-order valence-electron chi connectivity index (χ3n) is 2.08. The van der Waals surface area contributed by atoms with E-state index in [0.29, 0.717) is 5.82 Å². The van der Waals surface area contributed by atoms with Gasteiger partial charge in [0.25, 0.3) is 0 Å². The number of aromatic carboxylic acids is 1. The number of halogens is 1. The standard InChI is InChI=1S/C7H8ClN3O2/c8-4-2-1-3-5-9-10-6(7(12)13)11(4)5/h4H,1-3H2,(H,12,13). The van der Waals surface area contributed by atoms with Crippen LogP contribution in [-0.2, 0) is 6.42 Å². The summed E-state index contributed by atoms with van der Waals surface area (Å²) in [5.41, 5.74) is -0.315. The first-order valence-corrected chi connectivity index (χ1v) is 4.45. The van der Waals surface area contributed by atoms with Crippen LogP contribution in [0.1, 0.15) is 34.8 Å². The molecule has 0 saturated heterocycles. The number of rotatable bonds is 1. The first-order valence-electron chi connectivity index (χ1n) is 4.01. The molecular formula is C7H8ClN3O2. The van der Waals surface area contributed by atoms with Gasteiger partial charge in [-0.15, -0.1) is 10.2 Å². The van der Waals surface area contributed by atoms with E-state index in [1.54, 1.807) is 0 Å². The molecule has 13 heavy (non-hydrogen) atoms. The summed E-state index contributed by atoms with van der Waals surface area (Å²) in [7, 11) is 0. The van der Waals surface area contributed by atoms with Crippen LogP contribution in [-0.4, -0.2) is 25.8 Å². The molecule has 0 spiro atoms. The van der Waals surface area contributed by atoms with Gasteiger partial charge in [0, 0.05) is 6.42 Å². The maximum absolute atomic E-state index is 10.7. The lowest BCUT2D eigenvalue weighted by Crippen LogP contribution is -2.18. The highest BCUT2D eigenvalue weighted by Gasteiger charge is 2.25. The van der Waals surface area contributed by atoms with Gasteiger partial charge in [-0.3, -0.25) is 4.57 Å². The normalized spacial score (nSPS) is 21.2. The quantitative estimate of drug-likeness (QED) is 0.690. The number of carboxylic acids is 1. The molecule has 0 aromatic carbocycles. The van der Waals surface area contributed by atoms with Crippen molar-refractivity contribution in [1.82, 2.24) is 14.8 Å². The Morgan fingerprint density at radius 3 is 3.08 bits per heavy atom. The summed E-state index contributed by atoms with van der Waals surface area (Å²) in [4.78, 5) is 10.7. The minimum Gasteiger partial charge on any atom is -0.475 e. The predicted molar refractivity (Wildman–Crippen MR) is 44.8 cm³/mol. The number of aryl methyl sites for hydroxylation is 1. The monoisotopic (exact) mass is 201 g/mol. The highest BCUT2D eigenvalue weighted by atomic mass is 35.5. The largest absolute Gasteiger partial charge is 0.475 e. The minimum absolute atomic E-state index is 0.0605. The molecule has 0 fully saturated rings. The Bertz CT molecular complexity index is 350. The second-order valence-corrected chi connectivity index (χ2v) is 3.45. The van der Waals surface area contributed by atoms with E-state index >= 15 is 0 Å². The van der Waals surface area contributed by atoms with Gasteiger partial charge in [-0.25, -0.2) is 4.79 Å². The van der Waals surface area contributed by atoms with Gasteiger partial charge in [0.2, 0.25) is 5.82 Å². The Morgan fingerprint density at radius 1 is 1.62 bits per heavy atom. The molecule has 1 aliphatic rings. The molecule has 1 unspecified atom stereocenters. The van der Waals surface area contributed by atoms with Gasteiger partial charge in [0.15, 0.2) is 0 Å². The number of hydrogen-bond acceptors (Lipinski definition) is 3. The van der Waals surface area contributed by atoms with E-state index < -0.39 is 5.97 Å². The molecule has 0 aliphatic carbocycles. The maximum atomic E-state index is 10.7. The van der Waals surface area contributed by atoms with Gasteiger partial charge in [0.05, 0.1) is 0 Å². The first-order chi connectivity index (χ1) is 6.20. The van der Waals surface area contributed by atoms with Crippen LogP contribution in [0, 0.1) is 0 Å². The van der Waals surface area contributed by atoms with Crippen LogP contribution in [0.3, 0.4) is 0 Å². The molecule has 0 amide bonds.